The number of ether oxygens (including phenoxy) is 2. The number of nitrogens with one attached hydrogen (secondary N) is 1. The summed E-state index contributed by atoms with van der Waals surface area (Å²) in [6.45, 7) is 3.65. The number of piperidine rings is 1. The van der Waals surface area contributed by atoms with Crippen LogP contribution in [0.5, 0.6) is 11.5 Å². The number of carbonyl (C=O) groups excluding carboxylic acids is 1. The molecular formula is C24H26FN3O3. The van der Waals surface area contributed by atoms with Crippen LogP contribution in [0.25, 0.3) is 10.9 Å². The van der Waals surface area contributed by atoms with Crippen LogP contribution in [0.15, 0.2) is 42.5 Å². The number of aromatic nitrogens is 1. The first-order chi connectivity index (χ1) is 15.0. The van der Waals surface area contributed by atoms with Gasteiger partial charge >= 0.3 is 0 Å². The zero-order valence-corrected chi connectivity index (χ0v) is 17.9. The molecule has 1 saturated heterocycles. The molecule has 7 heteroatoms. The first-order valence-electron chi connectivity index (χ1n) is 10.4. The summed E-state index contributed by atoms with van der Waals surface area (Å²) in [5, 5.41) is 3.98. The van der Waals surface area contributed by atoms with E-state index < -0.39 is 0 Å². The van der Waals surface area contributed by atoms with Crippen molar-refractivity contribution in [1.29, 1.82) is 0 Å². The lowest BCUT2D eigenvalue weighted by atomic mass is 9.99. The first-order valence-corrected chi connectivity index (χ1v) is 10.4. The van der Waals surface area contributed by atoms with Crippen molar-refractivity contribution < 1.29 is 18.7 Å². The summed E-state index contributed by atoms with van der Waals surface area (Å²) in [6.07, 6.45) is 1.97. The van der Waals surface area contributed by atoms with Gasteiger partial charge in [-0.05, 0) is 49.1 Å². The number of carbonyl (C=O) groups is 1. The quantitative estimate of drug-likeness (QED) is 0.625. The van der Waals surface area contributed by atoms with Gasteiger partial charge in [0, 0.05) is 30.2 Å². The van der Waals surface area contributed by atoms with Gasteiger partial charge in [0.05, 0.1) is 25.4 Å². The topological polar surface area (TPSA) is 63.7 Å². The summed E-state index contributed by atoms with van der Waals surface area (Å²) in [5.74, 6) is 1.24. The van der Waals surface area contributed by atoms with Crippen molar-refractivity contribution in [2.75, 3.05) is 32.6 Å². The Bertz CT molecular complexity index is 1110. The first kappa shape index (κ1) is 20.9. The highest BCUT2D eigenvalue weighted by Crippen LogP contribution is 2.36. The van der Waals surface area contributed by atoms with E-state index in [2.05, 4.69) is 17.2 Å². The number of likely N-dealkylation sites (tertiary alicyclic amines) is 1. The molecule has 0 radical (unpaired) electrons. The molecule has 4 rings (SSSR count). The van der Waals surface area contributed by atoms with Crippen LogP contribution < -0.4 is 14.8 Å². The molecule has 0 spiro atoms. The van der Waals surface area contributed by atoms with Crippen LogP contribution >= 0.6 is 0 Å². The highest BCUT2D eigenvalue weighted by Gasteiger charge is 2.24. The fourth-order valence-corrected chi connectivity index (χ4v) is 3.86. The van der Waals surface area contributed by atoms with Gasteiger partial charge in [-0.3, -0.25) is 4.79 Å². The smallest absolute Gasteiger partial charge is 0.272 e. The average Bonchev–Trinajstić information content (AvgIpc) is 2.78. The highest BCUT2D eigenvalue weighted by atomic mass is 19.1. The number of methoxy groups -OCH3 is 2. The van der Waals surface area contributed by atoms with Crippen molar-refractivity contribution in [3.05, 3.63) is 54.0 Å². The SMILES string of the molecule is COc1cc2nc(C(=O)N3CCC(C)CC3)cc(Nc3cccc(F)c3)c2cc1OC. The molecule has 0 aliphatic carbocycles. The molecule has 2 heterocycles. The molecule has 0 saturated carbocycles. The van der Waals surface area contributed by atoms with Gasteiger partial charge in [-0.25, -0.2) is 9.37 Å². The summed E-state index contributed by atoms with van der Waals surface area (Å²) in [6, 6.07) is 11.5. The van der Waals surface area contributed by atoms with E-state index in [0.717, 1.165) is 31.3 Å². The Hall–Kier alpha value is -3.35. The number of fused-ring (bicyclic) bond motifs is 1. The third kappa shape index (κ3) is 4.40. The van der Waals surface area contributed by atoms with Crippen molar-refractivity contribution in [3.8, 4) is 11.5 Å². The number of hydrogen-bond acceptors (Lipinski definition) is 5. The number of amides is 1. The molecule has 1 fully saturated rings. The molecule has 6 nitrogen and oxygen atoms in total. The molecule has 1 amide bonds. The lowest BCUT2D eigenvalue weighted by molar-refractivity contribution is 0.0691. The molecule has 1 aliphatic heterocycles. The molecule has 3 aromatic rings. The Balaban J connectivity index is 1.80. The molecule has 162 valence electrons. The number of hydrogen-bond donors (Lipinski definition) is 1. The minimum absolute atomic E-state index is 0.106. The number of rotatable bonds is 5. The van der Waals surface area contributed by atoms with E-state index in [0.29, 0.717) is 40.0 Å². The zero-order chi connectivity index (χ0) is 22.0. The predicted molar refractivity (Wildman–Crippen MR) is 119 cm³/mol. The Morgan fingerprint density at radius 2 is 1.81 bits per heavy atom. The zero-order valence-electron chi connectivity index (χ0n) is 17.9. The summed E-state index contributed by atoms with van der Waals surface area (Å²) >= 11 is 0. The van der Waals surface area contributed by atoms with Crippen molar-refractivity contribution in [1.82, 2.24) is 9.88 Å². The fourth-order valence-electron chi connectivity index (χ4n) is 3.86. The molecule has 0 atom stereocenters. The van der Waals surface area contributed by atoms with E-state index in [1.807, 2.05) is 4.90 Å². The largest absolute Gasteiger partial charge is 0.493 e. The van der Waals surface area contributed by atoms with Crippen LogP contribution in [-0.2, 0) is 0 Å². The number of halogens is 1. The second-order valence-electron chi connectivity index (χ2n) is 7.89. The van der Waals surface area contributed by atoms with E-state index in [9.17, 15) is 9.18 Å². The van der Waals surface area contributed by atoms with Crippen molar-refractivity contribution in [3.63, 3.8) is 0 Å². The van der Waals surface area contributed by atoms with Crippen LogP contribution in [0.3, 0.4) is 0 Å². The maximum absolute atomic E-state index is 13.7. The Morgan fingerprint density at radius 1 is 1.10 bits per heavy atom. The van der Waals surface area contributed by atoms with Gasteiger partial charge in [0.1, 0.15) is 11.5 Å². The van der Waals surface area contributed by atoms with E-state index in [1.165, 1.54) is 12.1 Å². The summed E-state index contributed by atoms with van der Waals surface area (Å²) in [4.78, 5) is 19.7. The Labute approximate surface area is 181 Å². The van der Waals surface area contributed by atoms with Crippen LogP contribution in [0.4, 0.5) is 15.8 Å². The fraction of sp³-hybridized carbons (Fsp3) is 0.333. The lowest BCUT2D eigenvalue weighted by Crippen LogP contribution is -2.38. The highest BCUT2D eigenvalue weighted by molar-refractivity contribution is 6.01. The summed E-state index contributed by atoms with van der Waals surface area (Å²) < 4.78 is 24.6. The standard InChI is InChI=1S/C24H26FN3O3/c1-15-7-9-28(10-8-15)24(29)21-13-19(26-17-6-4-5-16(25)11-17)18-12-22(30-2)23(31-3)14-20(18)27-21/h4-6,11-15H,7-10H2,1-3H3,(H,26,27). The van der Waals surface area contributed by atoms with Crippen LogP contribution in [0, 0.1) is 11.7 Å². The number of anilines is 2. The van der Waals surface area contributed by atoms with Crippen LogP contribution in [0.1, 0.15) is 30.3 Å². The molecular weight excluding hydrogens is 397 g/mol. The molecule has 0 bridgehead atoms. The van der Waals surface area contributed by atoms with E-state index >= 15 is 0 Å². The minimum atomic E-state index is -0.346. The second-order valence-corrected chi connectivity index (χ2v) is 7.89. The van der Waals surface area contributed by atoms with Crippen molar-refractivity contribution >= 4 is 28.2 Å². The van der Waals surface area contributed by atoms with Gasteiger partial charge in [-0.2, -0.15) is 0 Å². The van der Waals surface area contributed by atoms with E-state index in [-0.39, 0.29) is 11.7 Å². The minimum Gasteiger partial charge on any atom is -0.493 e. The third-order valence-electron chi connectivity index (χ3n) is 5.71. The predicted octanol–water partition coefficient (Wildman–Crippen LogP) is 5.01. The Morgan fingerprint density at radius 3 is 2.48 bits per heavy atom. The maximum Gasteiger partial charge on any atom is 0.272 e. The van der Waals surface area contributed by atoms with Gasteiger partial charge in [-0.1, -0.05) is 13.0 Å². The monoisotopic (exact) mass is 423 g/mol. The molecule has 1 N–H and O–H groups in total. The summed E-state index contributed by atoms with van der Waals surface area (Å²) in [7, 11) is 3.12. The van der Waals surface area contributed by atoms with Crippen LogP contribution in [-0.4, -0.2) is 43.1 Å². The third-order valence-corrected chi connectivity index (χ3v) is 5.71. The molecule has 1 aromatic heterocycles. The average molecular weight is 423 g/mol. The van der Waals surface area contributed by atoms with Gasteiger partial charge in [0.25, 0.3) is 5.91 Å². The number of benzene rings is 2. The van der Waals surface area contributed by atoms with E-state index in [4.69, 9.17) is 9.47 Å². The molecule has 2 aromatic carbocycles. The van der Waals surface area contributed by atoms with Crippen molar-refractivity contribution in [2.45, 2.75) is 19.8 Å². The van der Waals surface area contributed by atoms with Gasteiger partial charge in [0.15, 0.2) is 11.5 Å². The second kappa shape index (κ2) is 8.79. The summed E-state index contributed by atoms with van der Waals surface area (Å²) in [5.41, 5.74) is 2.15. The lowest BCUT2D eigenvalue weighted by Gasteiger charge is -2.30. The van der Waals surface area contributed by atoms with Crippen LogP contribution in [0.2, 0.25) is 0 Å². The number of nitrogens with zero attached hydrogens (tertiary/aromatic N) is 2. The normalized spacial score (nSPS) is 14.5. The van der Waals surface area contributed by atoms with Gasteiger partial charge in [0.2, 0.25) is 0 Å². The maximum atomic E-state index is 13.7. The molecule has 1 aliphatic rings. The van der Waals surface area contributed by atoms with Gasteiger partial charge < -0.3 is 19.7 Å². The Kier molecular flexibility index (Phi) is 5.93. The van der Waals surface area contributed by atoms with E-state index in [1.54, 1.807) is 44.6 Å². The van der Waals surface area contributed by atoms with Crippen molar-refractivity contribution in [2.24, 2.45) is 5.92 Å². The number of pyridine rings is 1. The van der Waals surface area contributed by atoms with Gasteiger partial charge in [-0.15, -0.1) is 0 Å². The molecule has 0 unspecified atom stereocenters. The molecule has 31 heavy (non-hydrogen) atoms.